The first-order valence-electron chi connectivity index (χ1n) is 11.2. The number of aromatic nitrogens is 1. The van der Waals surface area contributed by atoms with Gasteiger partial charge in [-0.15, -0.1) is 0 Å². The summed E-state index contributed by atoms with van der Waals surface area (Å²) in [5.41, 5.74) is 3.23. The summed E-state index contributed by atoms with van der Waals surface area (Å²) in [7, 11) is 0. The van der Waals surface area contributed by atoms with Gasteiger partial charge < -0.3 is 9.30 Å². The Kier molecular flexibility index (Phi) is 5.83. The van der Waals surface area contributed by atoms with Crippen molar-refractivity contribution in [1.82, 2.24) is 9.58 Å². The number of para-hydroxylation sites is 2. The molecular weight excluding hydrogens is 446 g/mol. The molecule has 0 spiro atoms. The van der Waals surface area contributed by atoms with Crippen LogP contribution in [0.25, 0.3) is 17.0 Å². The SMILES string of the molecule is Cc1ccccc1OCCn1cc(/C=C2/C(=N)N3N=C(C(C)C)SC3=NC2=O)c2ccccc21. The summed E-state index contributed by atoms with van der Waals surface area (Å²) >= 11 is 1.35. The Bertz CT molecular complexity index is 1400. The van der Waals surface area contributed by atoms with Crippen LogP contribution in [0.5, 0.6) is 5.75 Å². The lowest BCUT2D eigenvalue weighted by molar-refractivity contribution is -0.114. The van der Waals surface area contributed by atoms with Gasteiger partial charge in [-0.2, -0.15) is 15.1 Å². The second-order valence-corrected chi connectivity index (χ2v) is 9.51. The molecule has 3 heterocycles. The second kappa shape index (κ2) is 8.95. The van der Waals surface area contributed by atoms with Crippen molar-refractivity contribution in [3.05, 3.63) is 71.4 Å². The molecule has 0 aliphatic carbocycles. The first-order valence-corrected chi connectivity index (χ1v) is 12.0. The molecule has 5 rings (SSSR count). The molecule has 2 aromatic carbocycles. The zero-order chi connectivity index (χ0) is 23.8. The van der Waals surface area contributed by atoms with Crippen LogP contribution in [0, 0.1) is 18.3 Å². The first kappa shape index (κ1) is 22.2. The molecular formula is C26H25N5O2S. The molecule has 0 unspecified atom stereocenters. The van der Waals surface area contributed by atoms with Crippen molar-refractivity contribution in [1.29, 1.82) is 5.41 Å². The van der Waals surface area contributed by atoms with Gasteiger partial charge in [0.2, 0.25) is 5.17 Å². The van der Waals surface area contributed by atoms with Gasteiger partial charge in [0.1, 0.15) is 17.4 Å². The number of nitrogens with one attached hydrogen (secondary N) is 1. The third kappa shape index (κ3) is 4.05. The molecule has 2 aliphatic rings. The van der Waals surface area contributed by atoms with Gasteiger partial charge in [-0.3, -0.25) is 10.2 Å². The molecule has 0 bridgehead atoms. The Balaban J connectivity index is 1.44. The summed E-state index contributed by atoms with van der Waals surface area (Å²) < 4.78 is 8.11. The van der Waals surface area contributed by atoms with Crippen LogP contribution in [0.2, 0.25) is 0 Å². The van der Waals surface area contributed by atoms with Gasteiger partial charge >= 0.3 is 0 Å². The zero-order valence-corrected chi connectivity index (χ0v) is 20.1. The molecule has 3 aromatic rings. The summed E-state index contributed by atoms with van der Waals surface area (Å²) in [5.74, 6) is 0.719. The molecule has 0 saturated heterocycles. The number of carbonyl (C=O) groups excluding carboxylic acids is 1. The normalized spacial score (nSPS) is 16.9. The number of amidine groups is 2. The van der Waals surface area contributed by atoms with E-state index in [4.69, 9.17) is 10.1 Å². The molecule has 1 N–H and O–H groups in total. The van der Waals surface area contributed by atoms with Crippen LogP contribution in [0.3, 0.4) is 0 Å². The molecule has 0 atom stereocenters. The molecule has 0 fully saturated rings. The first-order chi connectivity index (χ1) is 16.4. The van der Waals surface area contributed by atoms with E-state index in [1.807, 2.05) is 75.5 Å². The number of benzene rings is 2. The highest BCUT2D eigenvalue weighted by molar-refractivity contribution is 8.27. The largest absolute Gasteiger partial charge is 0.491 e. The van der Waals surface area contributed by atoms with Gasteiger partial charge in [-0.1, -0.05) is 50.2 Å². The molecule has 7 nitrogen and oxygen atoms in total. The summed E-state index contributed by atoms with van der Waals surface area (Å²) in [6.45, 7) is 7.26. The Morgan fingerprint density at radius 2 is 1.91 bits per heavy atom. The minimum absolute atomic E-state index is 0.0536. The smallest absolute Gasteiger partial charge is 0.283 e. The van der Waals surface area contributed by atoms with Crippen molar-refractivity contribution in [2.24, 2.45) is 16.0 Å². The Hall–Kier alpha value is -3.65. The number of rotatable bonds is 6. The second-order valence-electron chi connectivity index (χ2n) is 8.52. The molecule has 2 aliphatic heterocycles. The molecule has 1 aromatic heterocycles. The number of aryl methyl sites for hydroxylation is 1. The third-order valence-electron chi connectivity index (χ3n) is 5.77. The monoisotopic (exact) mass is 471 g/mol. The Labute approximate surface area is 202 Å². The van der Waals surface area contributed by atoms with E-state index in [9.17, 15) is 4.79 Å². The van der Waals surface area contributed by atoms with Gasteiger partial charge in [0.05, 0.1) is 12.1 Å². The number of fused-ring (bicyclic) bond motifs is 2. The fourth-order valence-corrected chi connectivity index (χ4v) is 4.84. The van der Waals surface area contributed by atoms with Crippen LogP contribution in [0.4, 0.5) is 0 Å². The van der Waals surface area contributed by atoms with Crippen LogP contribution in [0.1, 0.15) is 25.0 Å². The Morgan fingerprint density at radius 1 is 1.15 bits per heavy atom. The molecule has 8 heteroatoms. The van der Waals surface area contributed by atoms with Crippen molar-refractivity contribution < 1.29 is 9.53 Å². The molecule has 0 radical (unpaired) electrons. The van der Waals surface area contributed by atoms with E-state index in [2.05, 4.69) is 14.7 Å². The van der Waals surface area contributed by atoms with Gasteiger partial charge in [0.25, 0.3) is 5.91 Å². The number of hydrazone groups is 1. The van der Waals surface area contributed by atoms with Crippen molar-refractivity contribution >= 4 is 50.7 Å². The van der Waals surface area contributed by atoms with Gasteiger partial charge in [0, 0.05) is 28.6 Å². The number of nitrogens with zero attached hydrogens (tertiary/aromatic N) is 4. The molecule has 172 valence electrons. The number of hydrogen-bond acceptors (Lipinski definition) is 5. The fourth-order valence-electron chi connectivity index (χ4n) is 3.94. The predicted octanol–water partition coefficient (Wildman–Crippen LogP) is 5.30. The topological polar surface area (TPSA) is 83.0 Å². The fraction of sp³-hybridized carbons (Fsp3) is 0.231. The van der Waals surface area contributed by atoms with E-state index < -0.39 is 5.91 Å². The van der Waals surface area contributed by atoms with Crippen LogP contribution in [-0.4, -0.2) is 38.1 Å². The lowest BCUT2D eigenvalue weighted by Gasteiger charge is -2.20. The quantitative estimate of drug-likeness (QED) is 0.494. The lowest BCUT2D eigenvalue weighted by Crippen LogP contribution is -2.35. The number of thioether (sulfide) groups is 1. The highest BCUT2D eigenvalue weighted by atomic mass is 32.2. The maximum atomic E-state index is 12.8. The van der Waals surface area contributed by atoms with Crippen LogP contribution >= 0.6 is 11.8 Å². The minimum atomic E-state index is -0.413. The van der Waals surface area contributed by atoms with E-state index in [1.165, 1.54) is 16.8 Å². The minimum Gasteiger partial charge on any atom is -0.491 e. The van der Waals surface area contributed by atoms with Crippen LogP contribution in [-0.2, 0) is 11.3 Å². The van der Waals surface area contributed by atoms with Gasteiger partial charge in [-0.05, 0) is 42.5 Å². The zero-order valence-electron chi connectivity index (χ0n) is 19.3. The maximum Gasteiger partial charge on any atom is 0.283 e. The van der Waals surface area contributed by atoms with Gasteiger partial charge in [0.15, 0.2) is 5.84 Å². The van der Waals surface area contributed by atoms with Crippen LogP contribution < -0.4 is 4.74 Å². The number of aliphatic imine (C=N–C) groups is 1. The average molecular weight is 472 g/mol. The third-order valence-corrected chi connectivity index (χ3v) is 6.98. The van der Waals surface area contributed by atoms with E-state index in [1.54, 1.807) is 6.08 Å². The highest BCUT2D eigenvalue weighted by Crippen LogP contribution is 2.32. The number of ether oxygens (including phenoxy) is 1. The van der Waals surface area contributed by atoms with E-state index in [0.717, 1.165) is 32.8 Å². The highest BCUT2D eigenvalue weighted by Gasteiger charge is 2.36. The van der Waals surface area contributed by atoms with Crippen molar-refractivity contribution in [2.75, 3.05) is 6.61 Å². The number of carbonyl (C=O) groups is 1. The van der Waals surface area contributed by atoms with Crippen molar-refractivity contribution in [3.8, 4) is 5.75 Å². The van der Waals surface area contributed by atoms with Crippen LogP contribution in [0.15, 0.2) is 70.4 Å². The van der Waals surface area contributed by atoms with Gasteiger partial charge in [-0.25, -0.2) is 0 Å². The summed E-state index contributed by atoms with van der Waals surface area (Å²) in [4.78, 5) is 17.0. The molecule has 34 heavy (non-hydrogen) atoms. The molecule has 1 amide bonds. The average Bonchev–Trinajstić information content (AvgIpc) is 3.40. The van der Waals surface area contributed by atoms with Crippen molar-refractivity contribution in [3.63, 3.8) is 0 Å². The Morgan fingerprint density at radius 3 is 2.71 bits per heavy atom. The summed E-state index contributed by atoms with van der Waals surface area (Å²) in [6, 6.07) is 16.0. The maximum absolute atomic E-state index is 12.8. The number of hydrogen-bond donors (Lipinski definition) is 1. The van der Waals surface area contributed by atoms with Crippen molar-refractivity contribution in [2.45, 2.75) is 27.3 Å². The summed E-state index contributed by atoms with van der Waals surface area (Å²) in [5, 5.41) is 16.9. The van der Waals surface area contributed by atoms with E-state index in [0.29, 0.717) is 18.3 Å². The predicted molar refractivity (Wildman–Crippen MR) is 138 cm³/mol. The summed E-state index contributed by atoms with van der Waals surface area (Å²) in [6.07, 6.45) is 3.75. The standard InChI is InChI=1S/C26H25N5O2S/c1-16(2)25-29-31-23(27)20(24(32)28-26(31)34-25)14-18-15-30(21-10-6-5-9-19(18)21)12-13-33-22-11-7-4-8-17(22)3/h4-11,14-16,27H,12-13H2,1-3H3/b20-14-,27-23?. The number of amides is 1. The lowest BCUT2D eigenvalue weighted by atomic mass is 10.1. The van der Waals surface area contributed by atoms with E-state index in [-0.39, 0.29) is 17.3 Å². The van der Waals surface area contributed by atoms with E-state index >= 15 is 0 Å². The molecule has 0 saturated carbocycles.